The summed E-state index contributed by atoms with van der Waals surface area (Å²) in [5.41, 5.74) is 0. The van der Waals surface area contributed by atoms with Gasteiger partial charge in [-0.1, -0.05) is 13.3 Å². The van der Waals surface area contributed by atoms with Crippen LogP contribution in [0.25, 0.3) is 0 Å². The number of halogens is 3. The van der Waals surface area contributed by atoms with E-state index in [0.717, 1.165) is 0 Å². The molecule has 0 heterocycles. The number of aliphatic carboxylic acids is 1. The number of hydrogen-bond acceptors (Lipinski definition) is 2. The molecule has 18 heavy (non-hydrogen) atoms. The van der Waals surface area contributed by atoms with Gasteiger partial charge in [-0.25, -0.2) is 9.59 Å². The van der Waals surface area contributed by atoms with E-state index < -0.39 is 30.6 Å². The monoisotopic (exact) mass is 270 g/mol. The highest BCUT2D eigenvalue weighted by Gasteiger charge is 2.26. The molecule has 0 rings (SSSR count). The van der Waals surface area contributed by atoms with Crippen LogP contribution in [-0.4, -0.2) is 35.9 Å². The van der Waals surface area contributed by atoms with Gasteiger partial charge in [-0.3, -0.25) is 0 Å². The predicted octanol–water partition coefficient (Wildman–Crippen LogP) is 1.88. The number of amides is 2. The third kappa shape index (κ3) is 8.66. The summed E-state index contributed by atoms with van der Waals surface area (Å²) in [6, 6.07) is -1.78. The Balaban J connectivity index is 3.85. The number of urea groups is 1. The zero-order chi connectivity index (χ0) is 14.2. The summed E-state index contributed by atoms with van der Waals surface area (Å²) in [6.45, 7) is 1.61. The summed E-state index contributed by atoms with van der Waals surface area (Å²) in [5.74, 6) is -1.16. The van der Waals surface area contributed by atoms with Crippen LogP contribution >= 0.6 is 0 Å². The van der Waals surface area contributed by atoms with E-state index in [1.165, 1.54) is 0 Å². The lowest BCUT2D eigenvalue weighted by Gasteiger charge is -2.14. The van der Waals surface area contributed by atoms with Crippen molar-refractivity contribution in [3.8, 4) is 0 Å². The largest absolute Gasteiger partial charge is 0.480 e. The van der Waals surface area contributed by atoms with Gasteiger partial charge in [0.2, 0.25) is 0 Å². The molecule has 0 aliphatic heterocycles. The third-order valence-corrected chi connectivity index (χ3v) is 2.10. The molecule has 0 saturated heterocycles. The van der Waals surface area contributed by atoms with Crippen LogP contribution < -0.4 is 10.6 Å². The fourth-order valence-corrected chi connectivity index (χ4v) is 1.25. The Bertz CT molecular complexity index is 282. The highest BCUT2D eigenvalue weighted by molar-refractivity contribution is 5.82. The molecule has 0 aromatic carbocycles. The molecule has 0 aliphatic carbocycles. The summed E-state index contributed by atoms with van der Waals surface area (Å²) >= 11 is 0. The highest BCUT2D eigenvalue weighted by atomic mass is 19.4. The lowest BCUT2D eigenvalue weighted by Crippen LogP contribution is -2.46. The number of carbonyl (C=O) groups excluding carboxylic acids is 1. The molecule has 0 fully saturated rings. The molecule has 106 valence electrons. The van der Waals surface area contributed by atoms with Crippen molar-refractivity contribution in [1.29, 1.82) is 0 Å². The van der Waals surface area contributed by atoms with Gasteiger partial charge < -0.3 is 15.7 Å². The van der Waals surface area contributed by atoms with Crippen LogP contribution in [0.4, 0.5) is 18.0 Å². The minimum Gasteiger partial charge on any atom is -0.480 e. The van der Waals surface area contributed by atoms with Crippen LogP contribution in [0.2, 0.25) is 0 Å². The van der Waals surface area contributed by atoms with Gasteiger partial charge in [0.1, 0.15) is 6.04 Å². The van der Waals surface area contributed by atoms with E-state index in [1.54, 1.807) is 6.92 Å². The molecule has 0 spiro atoms. The molecule has 1 atom stereocenters. The molecule has 8 heteroatoms. The van der Waals surface area contributed by atoms with E-state index >= 15 is 0 Å². The normalized spacial score (nSPS) is 12.9. The molecule has 0 bridgehead atoms. The fourth-order valence-electron chi connectivity index (χ4n) is 1.25. The Morgan fingerprint density at radius 1 is 1.33 bits per heavy atom. The second-order valence-electron chi connectivity index (χ2n) is 3.80. The Morgan fingerprint density at radius 3 is 2.39 bits per heavy atom. The number of nitrogens with one attached hydrogen (secondary N) is 2. The summed E-state index contributed by atoms with van der Waals surface area (Å²) in [5, 5.41) is 13.1. The minimum atomic E-state index is -4.25. The van der Waals surface area contributed by atoms with E-state index in [2.05, 4.69) is 10.6 Å². The van der Waals surface area contributed by atoms with Gasteiger partial charge in [0.15, 0.2) is 0 Å². The Labute approximate surface area is 103 Å². The topological polar surface area (TPSA) is 78.4 Å². The SMILES string of the molecule is CCC[C@@H](NC(=O)NCCCC(F)(F)F)C(=O)O. The zero-order valence-corrected chi connectivity index (χ0v) is 10.0. The number of alkyl halides is 3. The molecule has 0 aromatic heterocycles. The maximum absolute atomic E-state index is 11.8. The third-order valence-electron chi connectivity index (χ3n) is 2.10. The first-order chi connectivity index (χ1) is 8.26. The zero-order valence-electron chi connectivity index (χ0n) is 10.0. The van der Waals surface area contributed by atoms with Gasteiger partial charge in [0.05, 0.1) is 0 Å². The number of hydrogen-bond donors (Lipinski definition) is 3. The van der Waals surface area contributed by atoms with Crippen LogP contribution in [0.3, 0.4) is 0 Å². The average Bonchev–Trinajstić information content (AvgIpc) is 2.22. The lowest BCUT2D eigenvalue weighted by molar-refractivity contribution is -0.139. The van der Waals surface area contributed by atoms with Crippen LogP contribution in [0.5, 0.6) is 0 Å². The first-order valence-corrected chi connectivity index (χ1v) is 5.60. The van der Waals surface area contributed by atoms with Gasteiger partial charge in [0.25, 0.3) is 0 Å². The van der Waals surface area contributed by atoms with Gasteiger partial charge in [0, 0.05) is 13.0 Å². The average molecular weight is 270 g/mol. The second kappa shape index (κ2) is 7.78. The maximum atomic E-state index is 11.8. The second-order valence-corrected chi connectivity index (χ2v) is 3.80. The first kappa shape index (κ1) is 16.5. The summed E-state index contributed by atoms with van der Waals surface area (Å²) < 4.78 is 35.4. The number of carbonyl (C=O) groups is 2. The molecule has 2 amide bonds. The number of rotatable bonds is 7. The number of carboxylic acids is 1. The molecule has 0 aromatic rings. The van der Waals surface area contributed by atoms with Crippen molar-refractivity contribution in [2.45, 2.75) is 44.8 Å². The van der Waals surface area contributed by atoms with Crippen LogP contribution in [-0.2, 0) is 4.79 Å². The van der Waals surface area contributed by atoms with Crippen molar-refractivity contribution in [2.75, 3.05) is 6.54 Å². The summed E-state index contributed by atoms with van der Waals surface area (Å²) in [7, 11) is 0. The standard InChI is InChI=1S/C10H17F3N2O3/c1-2-4-7(8(16)17)15-9(18)14-6-3-5-10(11,12)13/h7H,2-6H2,1H3,(H,16,17)(H2,14,15,18)/t7-/m1/s1. The molecule has 0 saturated carbocycles. The van der Waals surface area contributed by atoms with Gasteiger partial charge in [-0.15, -0.1) is 0 Å². The summed E-state index contributed by atoms with van der Waals surface area (Å²) in [6.07, 6.45) is -4.62. The quantitative estimate of drug-likeness (QED) is 0.618. The van der Waals surface area contributed by atoms with E-state index in [4.69, 9.17) is 5.11 Å². The van der Waals surface area contributed by atoms with E-state index in [0.29, 0.717) is 6.42 Å². The van der Waals surface area contributed by atoms with Crippen molar-refractivity contribution >= 4 is 12.0 Å². The fraction of sp³-hybridized carbons (Fsp3) is 0.800. The van der Waals surface area contributed by atoms with Gasteiger partial charge in [-0.2, -0.15) is 13.2 Å². The van der Waals surface area contributed by atoms with Crippen molar-refractivity contribution in [3.05, 3.63) is 0 Å². The van der Waals surface area contributed by atoms with Gasteiger partial charge >= 0.3 is 18.2 Å². The van der Waals surface area contributed by atoms with E-state index in [-0.39, 0.29) is 19.4 Å². The van der Waals surface area contributed by atoms with Crippen LogP contribution in [0, 0.1) is 0 Å². The highest BCUT2D eigenvalue weighted by Crippen LogP contribution is 2.20. The van der Waals surface area contributed by atoms with Crippen molar-refractivity contribution < 1.29 is 27.9 Å². The first-order valence-electron chi connectivity index (χ1n) is 5.60. The maximum Gasteiger partial charge on any atom is 0.389 e. The molecular weight excluding hydrogens is 253 g/mol. The molecule has 0 radical (unpaired) electrons. The van der Waals surface area contributed by atoms with Crippen molar-refractivity contribution in [3.63, 3.8) is 0 Å². The Morgan fingerprint density at radius 2 is 1.94 bits per heavy atom. The van der Waals surface area contributed by atoms with Crippen molar-refractivity contribution in [2.24, 2.45) is 0 Å². The summed E-state index contributed by atoms with van der Waals surface area (Å²) in [4.78, 5) is 21.9. The molecule has 5 nitrogen and oxygen atoms in total. The number of carboxylic acid groups (broad SMARTS) is 1. The van der Waals surface area contributed by atoms with E-state index in [1.807, 2.05) is 0 Å². The molecule has 0 unspecified atom stereocenters. The van der Waals surface area contributed by atoms with Crippen molar-refractivity contribution in [1.82, 2.24) is 10.6 Å². The van der Waals surface area contributed by atoms with Gasteiger partial charge in [-0.05, 0) is 12.8 Å². The Hall–Kier alpha value is -1.47. The molecule has 0 aliphatic rings. The lowest BCUT2D eigenvalue weighted by atomic mass is 10.2. The predicted molar refractivity (Wildman–Crippen MR) is 58.2 cm³/mol. The van der Waals surface area contributed by atoms with Crippen LogP contribution in [0.1, 0.15) is 32.6 Å². The molecular formula is C10H17F3N2O3. The molecule has 3 N–H and O–H groups in total. The Kier molecular flexibility index (Phi) is 7.14. The smallest absolute Gasteiger partial charge is 0.389 e. The minimum absolute atomic E-state index is 0.149. The van der Waals surface area contributed by atoms with E-state index in [9.17, 15) is 22.8 Å². The van der Waals surface area contributed by atoms with Crippen LogP contribution in [0.15, 0.2) is 0 Å².